The van der Waals surface area contributed by atoms with E-state index in [9.17, 15) is 35.1 Å². The molecule has 0 saturated carbocycles. The van der Waals surface area contributed by atoms with Gasteiger partial charge in [0.2, 0.25) is 0 Å². The molecule has 0 radical (unpaired) electrons. The van der Waals surface area contributed by atoms with Crippen molar-refractivity contribution in [2.24, 2.45) is 0 Å². The topological polar surface area (TPSA) is 192 Å². The Morgan fingerprint density at radius 3 is 2.11 bits per heavy atom. The lowest BCUT2D eigenvalue weighted by Crippen LogP contribution is -2.30. The number of rotatable bonds is 8. The lowest BCUT2D eigenvalue weighted by molar-refractivity contribution is -0.404. The van der Waals surface area contributed by atoms with E-state index in [-0.39, 0.29) is 12.5 Å². The number of benzene rings is 2. The Morgan fingerprint density at radius 2 is 1.62 bits per heavy atom. The van der Waals surface area contributed by atoms with E-state index in [2.05, 4.69) is 4.98 Å². The van der Waals surface area contributed by atoms with Crippen LogP contribution in [0, 0.1) is 30.3 Å². The van der Waals surface area contributed by atoms with Crippen LogP contribution < -0.4 is 4.74 Å². The number of aromatic hydroxyl groups is 1. The van der Waals surface area contributed by atoms with Gasteiger partial charge in [0.1, 0.15) is 5.75 Å². The van der Waals surface area contributed by atoms with Gasteiger partial charge in [-0.2, -0.15) is 0 Å². The maximum atomic E-state index is 12.0. The zero-order chi connectivity index (χ0) is 27.7. The van der Waals surface area contributed by atoms with Gasteiger partial charge in [0, 0.05) is 32.1 Å². The van der Waals surface area contributed by atoms with E-state index in [1.54, 1.807) is 42.5 Å². The van der Waals surface area contributed by atoms with Gasteiger partial charge in [-0.1, -0.05) is 29.3 Å². The molecule has 16 heteroatoms. The summed E-state index contributed by atoms with van der Waals surface area (Å²) in [4.78, 5) is 45.4. The molecule has 1 aromatic heterocycles. The highest BCUT2D eigenvalue weighted by Gasteiger charge is 2.30. The highest BCUT2D eigenvalue weighted by atomic mass is 35.5. The van der Waals surface area contributed by atoms with Crippen LogP contribution in [-0.4, -0.2) is 49.3 Å². The zero-order valence-corrected chi connectivity index (χ0v) is 20.3. The molecule has 3 aromatic rings. The monoisotopic (exact) mass is 553 g/mol. The third kappa shape index (κ3) is 8.26. The number of nitrogens with zero attached hydrogens (tertiary/aromatic N) is 5. The summed E-state index contributed by atoms with van der Waals surface area (Å²) >= 11 is 11.7. The average molecular weight is 554 g/mol. The van der Waals surface area contributed by atoms with Crippen LogP contribution in [0.5, 0.6) is 11.5 Å². The van der Waals surface area contributed by atoms with Gasteiger partial charge >= 0.3 is 11.4 Å². The molecular formula is C21H17Cl2N5O9. The molecule has 0 saturated heterocycles. The molecule has 0 unspecified atom stereocenters. The van der Waals surface area contributed by atoms with Crippen LogP contribution in [0.15, 0.2) is 54.9 Å². The van der Waals surface area contributed by atoms with Gasteiger partial charge in [-0.15, -0.1) is 0 Å². The maximum absolute atomic E-state index is 12.0. The molecule has 0 aliphatic heterocycles. The highest BCUT2D eigenvalue weighted by molar-refractivity contribution is 6.42. The molecule has 0 aliphatic carbocycles. The lowest BCUT2D eigenvalue weighted by Gasteiger charge is -2.17. The van der Waals surface area contributed by atoms with E-state index in [1.807, 2.05) is 12.1 Å². The van der Waals surface area contributed by atoms with Crippen molar-refractivity contribution in [1.82, 2.24) is 9.88 Å². The van der Waals surface area contributed by atoms with Crippen molar-refractivity contribution in [3.05, 3.63) is 101 Å². The van der Waals surface area contributed by atoms with Gasteiger partial charge < -0.3 is 14.7 Å². The van der Waals surface area contributed by atoms with E-state index < -0.39 is 37.6 Å². The Kier molecular flexibility index (Phi) is 10.0. The number of phenols is 1. The summed E-state index contributed by atoms with van der Waals surface area (Å²) in [5.74, 6) is -0.835. The molecule has 0 atom stereocenters. The largest absolute Gasteiger partial charge is 0.497 e. The molecule has 14 nitrogen and oxygen atoms in total. The first-order valence-electron chi connectivity index (χ1n) is 9.91. The summed E-state index contributed by atoms with van der Waals surface area (Å²) in [5, 5.41) is 41.1. The third-order valence-electron chi connectivity index (χ3n) is 4.48. The minimum absolute atomic E-state index is 0.0608. The number of phenolic OH excluding ortho intramolecular Hbond substituents is 1. The number of ether oxygens (including phenoxy) is 1. The van der Waals surface area contributed by atoms with E-state index in [1.165, 1.54) is 0 Å². The third-order valence-corrected chi connectivity index (χ3v) is 5.22. The molecule has 194 valence electrons. The SMILES string of the molecule is CN(Cc1cccnc1)C(=O)COc1ccc(Cl)c(Cl)c1.O=[N+]([O-])c1cc([N+](=O)[O-])c(O)c([N+](=O)[O-])c1. The summed E-state index contributed by atoms with van der Waals surface area (Å²) in [6, 6.07) is 9.52. The molecule has 0 fully saturated rings. The van der Waals surface area contributed by atoms with E-state index >= 15 is 0 Å². The van der Waals surface area contributed by atoms with E-state index in [4.69, 9.17) is 33.0 Å². The van der Waals surface area contributed by atoms with Crippen LogP contribution in [0.25, 0.3) is 0 Å². The number of amides is 1. The Hall–Kier alpha value is -4.56. The smallest absolute Gasteiger partial charge is 0.324 e. The molecule has 2 aromatic carbocycles. The fourth-order valence-corrected chi connectivity index (χ4v) is 2.94. The Bertz CT molecular complexity index is 1290. The molecule has 1 heterocycles. The van der Waals surface area contributed by atoms with Gasteiger partial charge in [-0.3, -0.25) is 40.1 Å². The van der Waals surface area contributed by atoms with Crippen molar-refractivity contribution in [2.45, 2.75) is 6.54 Å². The number of aromatic nitrogens is 1. The Morgan fingerprint density at radius 1 is 1.00 bits per heavy atom. The van der Waals surface area contributed by atoms with Crippen molar-refractivity contribution in [1.29, 1.82) is 0 Å². The minimum atomic E-state index is -1.21. The number of hydrogen-bond acceptors (Lipinski definition) is 10. The summed E-state index contributed by atoms with van der Waals surface area (Å²) < 4.78 is 5.41. The summed E-state index contributed by atoms with van der Waals surface area (Å²) in [6.07, 6.45) is 3.42. The molecule has 1 amide bonds. The van der Waals surface area contributed by atoms with Gasteiger partial charge in [-0.05, 0) is 23.8 Å². The fourth-order valence-electron chi connectivity index (χ4n) is 2.65. The van der Waals surface area contributed by atoms with Crippen LogP contribution in [0.1, 0.15) is 5.56 Å². The number of likely N-dealkylation sites (N-methyl/N-ethyl adjacent to an activating group) is 1. The summed E-state index contributed by atoms with van der Waals surface area (Å²) in [6.45, 7) is 0.423. The average Bonchev–Trinajstić information content (AvgIpc) is 2.85. The number of hydrogen-bond donors (Lipinski definition) is 1. The highest BCUT2D eigenvalue weighted by Crippen LogP contribution is 2.39. The first-order valence-corrected chi connectivity index (χ1v) is 10.7. The van der Waals surface area contributed by atoms with Gasteiger partial charge in [0.15, 0.2) is 6.61 Å². The number of non-ortho nitro benzene ring substituents is 1. The van der Waals surface area contributed by atoms with Crippen LogP contribution >= 0.6 is 23.2 Å². The number of nitro benzene ring substituents is 3. The van der Waals surface area contributed by atoms with Crippen LogP contribution in [0.3, 0.4) is 0 Å². The van der Waals surface area contributed by atoms with Crippen molar-refractivity contribution >= 4 is 46.2 Å². The predicted octanol–water partition coefficient (Wildman–Crippen LogP) is 4.54. The molecule has 1 N–H and O–H groups in total. The number of carbonyl (C=O) groups excluding carboxylic acids is 1. The lowest BCUT2D eigenvalue weighted by atomic mass is 10.2. The second kappa shape index (κ2) is 12.9. The fraction of sp³-hybridized carbons (Fsp3) is 0.143. The molecule has 0 aliphatic rings. The number of halogens is 2. The van der Waals surface area contributed by atoms with E-state index in [0.717, 1.165) is 5.56 Å². The van der Waals surface area contributed by atoms with Crippen molar-refractivity contribution in [2.75, 3.05) is 13.7 Å². The molecular weight excluding hydrogens is 537 g/mol. The first-order chi connectivity index (χ1) is 17.4. The Balaban J connectivity index is 0.000000271. The second-order valence-electron chi connectivity index (χ2n) is 7.08. The number of pyridine rings is 1. The van der Waals surface area contributed by atoms with Crippen LogP contribution in [0.2, 0.25) is 10.0 Å². The Labute approximate surface area is 218 Å². The standard InChI is InChI=1S/C15H14Cl2N2O2.C6H3N3O7/c1-19(9-11-3-2-6-18-8-11)15(20)10-21-12-4-5-13(16)14(17)7-12;10-6-4(8(13)14)1-3(7(11)12)2-5(6)9(15)16/h2-8H,9-10H2,1H3;1-2,10H. The van der Waals surface area contributed by atoms with Crippen molar-refractivity contribution in [3.63, 3.8) is 0 Å². The van der Waals surface area contributed by atoms with Crippen molar-refractivity contribution in [3.8, 4) is 11.5 Å². The molecule has 0 bridgehead atoms. The summed E-state index contributed by atoms with van der Waals surface area (Å²) in [7, 11) is 1.72. The first kappa shape index (κ1) is 28.7. The normalized spacial score (nSPS) is 10.0. The second-order valence-corrected chi connectivity index (χ2v) is 7.89. The molecule has 37 heavy (non-hydrogen) atoms. The van der Waals surface area contributed by atoms with Gasteiger partial charge in [0.05, 0.1) is 36.9 Å². The number of nitro groups is 3. The van der Waals surface area contributed by atoms with Crippen LogP contribution in [0.4, 0.5) is 17.1 Å². The number of carbonyl (C=O) groups is 1. The van der Waals surface area contributed by atoms with E-state index in [0.29, 0.717) is 34.5 Å². The quantitative estimate of drug-likeness (QED) is 0.305. The summed E-state index contributed by atoms with van der Waals surface area (Å²) in [5.41, 5.74) is -2.04. The van der Waals surface area contributed by atoms with Crippen LogP contribution in [-0.2, 0) is 11.3 Å². The predicted molar refractivity (Wildman–Crippen MR) is 131 cm³/mol. The maximum Gasteiger partial charge on any atom is 0.324 e. The molecule has 0 spiro atoms. The minimum Gasteiger partial charge on any atom is -0.497 e. The van der Waals surface area contributed by atoms with Gasteiger partial charge in [-0.25, -0.2) is 0 Å². The van der Waals surface area contributed by atoms with Gasteiger partial charge in [0.25, 0.3) is 17.3 Å². The molecule has 3 rings (SSSR count). The van der Waals surface area contributed by atoms with Crippen molar-refractivity contribution < 1.29 is 29.4 Å². The zero-order valence-electron chi connectivity index (χ0n) is 18.8.